The Kier molecular flexibility index (Phi) is 9.61. The predicted molar refractivity (Wildman–Crippen MR) is 312 cm³/mol. The molecule has 10 nitrogen and oxygen atoms in total. The van der Waals surface area contributed by atoms with Crippen LogP contribution in [0.15, 0.2) is 230 Å². The second kappa shape index (κ2) is 20.1. The smallest absolute Gasteiger partial charge is 0.226 e. The molecule has 0 aliphatic carbocycles. The maximum atomic E-state index is 9.67. The molecule has 0 fully saturated rings. The first-order valence-electron chi connectivity index (χ1n) is 29.1. The number of benzene rings is 10. The molecular formula is C66H38Cl2N10. The van der Waals surface area contributed by atoms with Gasteiger partial charge in [-0.25, -0.2) is 9.97 Å². The second-order valence-electron chi connectivity index (χ2n) is 17.7. The highest BCUT2D eigenvalue weighted by Gasteiger charge is 2.21. The number of aromatic nitrogens is 8. The van der Waals surface area contributed by atoms with Crippen molar-refractivity contribution in [2.75, 3.05) is 0 Å². The zero-order chi connectivity index (χ0) is 61.4. The summed E-state index contributed by atoms with van der Waals surface area (Å²) in [6.07, 6.45) is 0. The third-order valence-corrected chi connectivity index (χ3v) is 13.5. The Morgan fingerprint density at radius 2 is 0.859 bits per heavy atom. The summed E-state index contributed by atoms with van der Waals surface area (Å²) in [6, 6.07) is 52.8. The van der Waals surface area contributed by atoms with E-state index in [1.807, 2.05) is 78.9 Å². The van der Waals surface area contributed by atoms with Crippen molar-refractivity contribution in [3.8, 4) is 80.2 Å². The predicted octanol–water partition coefficient (Wildman–Crippen LogP) is 16.5. The van der Waals surface area contributed by atoms with Gasteiger partial charge in [0.05, 0.1) is 59.0 Å². The largest absolute Gasteiger partial charge is 0.309 e. The van der Waals surface area contributed by atoms with Crippen LogP contribution in [0.2, 0.25) is 10.6 Å². The van der Waals surface area contributed by atoms with Gasteiger partial charge in [0.1, 0.15) is 0 Å². The van der Waals surface area contributed by atoms with E-state index in [2.05, 4.69) is 72.0 Å². The Labute approximate surface area is 471 Å². The van der Waals surface area contributed by atoms with Crippen molar-refractivity contribution in [1.82, 2.24) is 39.0 Å². The van der Waals surface area contributed by atoms with Gasteiger partial charge in [0.15, 0.2) is 23.3 Å². The summed E-state index contributed by atoms with van der Waals surface area (Å²) >= 11 is 12.9. The standard InChI is InChI=1S/C34H20ClN5.C32H18ClN5/c35-34-38-32(25-11-7-10-24(19-25)23-8-3-1-4-9-23)37-33(39-34)26-15-17-31-29(20-26)28-18-22(21-36)14-16-30(28)40(31)27-12-5-2-6-13-27;33-32-36-30(21-9-3-1-4-10-21)35-31(37-32)25-18-28-29(24-14-8-7-13-23(24)25)26-17-20(19-34)15-16-27(26)38(28)22-11-5-2-6-12-22/h1-20H;1-18H/i1D,2D,3D,4D,5D,6D,8D,9D,12D,13D;. The summed E-state index contributed by atoms with van der Waals surface area (Å²) in [4.78, 5) is 27.1. The van der Waals surface area contributed by atoms with Crippen LogP contribution in [0.4, 0.5) is 0 Å². The maximum Gasteiger partial charge on any atom is 0.226 e. The van der Waals surface area contributed by atoms with Crippen LogP contribution in [0.3, 0.4) is 0 Å². The molecule has 0 unspecified atom stereocenters. The summed E-state index contributed by atoms with van der Waals surface area (Å²) in [5.74, 6) is 1.36. The molecular weight excluding hydrogens is 1000 g/mol. The fourth-order valence-corrected chi connectivity index (χ4v) is 10.1. The molecule has 4 heterocycles. The van der Waals surface area contributed by atoms with Crippen molar-refractivity contribution in [1.29, 1.82) is 10.5 Å². The zero-order valence-corrected chi connectivity index (χ0v) is 41.9. The van der Waals surface area contributed by atoms with Gasteiger partial charge in [-0.15, -0.1) is 0 Å². The fourth-order valence-electron chi connectivity index (χ4n) is 9.82. The molecule has 0 saturated carbocycles. The van der Waals surface area contributed by atoms with Gasteiger partial charge in [0.25, 0.3) is 0 Å². The molecule has 14 aromatic rings. The van der Waals surface area contributed by atoms with Crippen LogP contribution in [0, 0.1) is 22.7 Å². The number of hydrogen-bond donors (Lipinski definition) is 0. The zero-order valence-electron chi connectivity index (χ0n) is 50.4. The lowest BCUT2D eigenvalue weighted by Gasteiger charge is -2.12. The van der Waals surface area contributed by atoms with Crippen molar-refractivity contribution in [3.63, 3.8) is 0 Å². The molecule has 0 radical (unpaired) electrons. The van der Waals surface area contributed by atoms with E-state index in [1.54, 1.807) is 65.2 Å². The molecule has 0 aliphatic heterocycles. The van der Waals surface area contributed by atoms with E-state index in [1.165, 1.54) is 0 Å². The number of rotatable bonds is 7. The average molecular weight is 1050 g/mol. The first-order valence-corrected chi connectivity index (χ1v) is 24.9. The number of fused-ring (bicyclic) bond motifs is 8. The van der Waals surface area contributed by atoms with Crippen LogP contribution < -0.4 is 0 Å². The van der Waals surface area contributed by atoms with Crippen molar-refractivity contribution in [2.45, 2.75) is 0 Å². The first kappa shape index (κ1) is 37.4. The van der Waals surface area contributed by atoms with E-state index < -0.39 is 36.3 Å². The van der Waals surface area contributed by atoms with Crippen LogP contribution in [-0.4, -0.2) is 39.0 Å². The summed E-state index contributed by atoms with van der Waals surface area (Å²) in [5, 5.41) is 24.6. The molecule has 14 rings (SSSR count). The number of hydrogen-bond acceptors (Lipinski definition) is 8. The molecule has 0 saturated heterocycles. The molecule has 0 spiro atoms. The molecule has 10 aromatic carbocycles. The van der Waals surface area contributed by atoms with Gasteiger partial charge in [-0.2, -0.15) is 30.5 Å². The normalized spacial score (nSPS) is 13.0. The summed E-state index contributed by atoms with van der Waals surface area (Å²) < 4.78 is 86.4. The van der Waals surface area contributed by atoms with Crippen LogP contribution in [-0.2, 0) is 0 Å². The molecule has 0 aliphatic rings. The molecule has 0 amide bonds. The first-order chi connectivity index (χ1) is 42.5. The molecule has 0 atom stereocenters. The molecule has 0 N–H and O–H groups in total. The third kappa shape index (κ3) is 8.69. The lowest BCUT2D eigenvalue weighted by atomic mass is 9.98. The van der Waals surface area contributed by atoms with Gasteiger partial charge in [-0.05, 0) is 136 Å². The highest BCUT2D eigenvalue weighted by atomic mass is 35.5. The summed E-state index contributed by atoms with van der Waals surface area (Å²) in [7, 11) is 0. The molecule has 0 bridgehead atoms. The maximum absolute atomic E-state index is 9.67. The minimum absolute atomic E-state index is 0.0240. The molecule has 366 valence electrons. The topological polar surface area (TPSA) is 135 Å². The number of halogens is 2. The van der Waals surface area contributed by atoms with Crippen LogP contribution >= 0.6 is 23.2 Å². The Morgan fingerprint density at radius 1 is 0.359 bits per heavy atom. The monoisotopic (exact) mass is 1050 g/mol. The van der Waals surface area contributed by atoms with Gasteiger partial charge >= 0.3 is 0 Å². The van der Waals surface area contributed by atoms with E-state index in [0.29, 0.717) is 61.3 Å². The lowest BCUT2D eigenvalue weighted by Crippen LogP contribution is -1.99. The van der Waals surface area contributed by atoms with Crippen molar-refractivity contribution < 1.29 is 13.7 Å². The number of nitriles is 2. The van der Waals surface area contributed by atoms with Gasteiger partial charge in [-0.1, -0.05) is 139 Å². The van der Waals surface area contributed by atoms with E-state index in [0.717, 1.165) is 49.4 Å². The summed E-state index contributed by atoms with van der Waals surface area (Å²) in [5.41, 5.74) is 8.02. The van der Waals surface area contributed by atoms with E-state index in [-0.39, 0.29) is 57.6 Å². The Balaban J connectivity index is 0.000000168. The van der Waals surface area contributed by atoms with Crippen LogP contribution in [0.1, 0.15) is 24.8 Å². The highest BCUT2D eigenvalue weighted by molar-refractivity contribution is 6.29. The van der Waals surface area contributed by atoms with E-state index >= 15 is 0 Å². The second-order valence-corrected chi connectivity index (χ2v) is 18.4. The molecule has 4 aromatic heterocycles. The van der Waals surface area contributed by atoms with Gasteiger partial charge in [0.2, 0.25) is 10.6 Å². The van der Waals surface area contributed by atoms with Crippen LogP contribution in [0.5, 0.6) is 0 Å². The van der Waals surface area contributed by atoms with E-state index in [4.69, 9.17) is 41.9 Å². The van der Waals surface area contributed by atoms with E-state index in [9.17, 15) is 10.5 Å². The SMILES string of the molecule is N#Cc1ccc2c(c1)c1c3ccccc3c(-c3nc(Cl)nc(-c4ccccc4)n3)cc1n2-c1ccccc1.[2H]c1c([2H])c([2H])c(-c2cccc(-c3nc(Cl)nc(-c4ccc5c(c4)c4cc(C#N)ccc4n5-c4c([2H])c([2H])c([2H])c([2H])c4[2H])n3)c2)c([2H])c1[2H]. The van der Waals surface area contributed by atoms with Crippen molar-refractivity contribution >= 4 is 77.6 Å². The average Bonchev–Trinajstić information content (AvgIpc) is 1.61. The minimum atomic E-state index is -0.514. The Morgan fingerprint density at radius 3 is 1.54 bits per heavy atom. The summed E-state index contributed by atoms with van der Waals surface area (Å²) in [6.45, 7) is 0. The Bertz CT molecular complexity index is 5300. The van der Waals surface area contributed by atoms with Crippen molar-refractivity contribution in [3.05, 3.63) is 252 Å². The van der Waals surface area contributed by atoms with Gasteiger partial charge in [0, 0.05) is 55.2 Å². The quantitative estimate of drug-likeness (QED) is 0.154. The van der Waals surface area contributed by atoms with Crippen LogP contribution in [0.25, 0.3) is 122 Å². The highest BCUT2D eigenvalue weighted by Crippen LogP contribution is 2.42. The fraction of sp³-hybridized carbons (Fsp3) is 0. The minimum Gasteiger partial charge on any atom is -0.309 e. The molecule has 78 heavy (non-hydrogen) atoms. The van der Waals surface area contributed by atoms with Crippen molar-refractivity contribution in [2.24, 2.45) is 0 Å². The number of nitrogens with zero attached hydrogens (tertiary/aromatic N) is 10. The Hall–Kier alpha value is -10.4. The van der Waals surface area contributed by atoms with Gasteiger partial charge in [-0.3, -0.25) is 0 Å². The molecule has 12 heteroatoms. The third-order valence-electron chi connectivity index (χ3n) is 13.2. The van der Waals surface area contributed by atoms with Gasteiger partial charge < -0.3 is 9.13 Å². The number of para-hydroxylation sites is 2. The lowest BCUT2D eigenvalue weighted by molar-refractivity contribution is 1.07.